The Morgan fingerprint density at radius 3 is 2.43 bits per heavy atom. The number of nitrogens with zero attached hydrogens (tertiary/aromatic N) is 2. The van der Waals surface area contributed by atoms with Crippen LogP contribution < -0.4 is 14.2 Å². The van der Waals surface area contributed by atoms with Crippen LogP contribution in [0.15, 0.2) is 67.0 Å². The molecule has 0 spiro atoms. The minimum Gasteiger partial charge on any atom is -0.497 e. The zero-order chi connectivity index (χ0) is 26.1. The molecular formula is C30H36N2O5. The number of benzene rings is 1. The number of hydrogen-bond donors (Lipinski definition) is 1. The molecule has 0 amide bonds. The van der Waals surface area contributed by atoms with Crippen molar-refractivity contribution < 1.29 is 24.1 Å². The van der Waals surface area contributed by atoms with Crippen molar-refractivity contribution >= 4 is 12.0 Å². The Morgan fingerprint density at radius 2 is 1.70 bits per heavy atom. The van der Waals surface area contributed by atoms with Gasteiger partial charge in [-0.1, -0.05) is 50.0 Å². The van der Waals surface area contributed by atoms with Gasteiger partial charge in [-0.2, -0.15) is 0 Å². The van der Waals surface area contributed by atoms with Crippen LogP contribution in [0, 0.1) is 0 Å². The highest BCUT2D eigenvalue weighted by Gasteiger charge is 2.07. The molecule has 0 saturated carbocycles. The number of carboxylic acids is 1. The molecule has 3 aromatic rings. The largest absolute Gasteiger partial charge is 0.497 e. The van der Waals surface area contributed by atoms with Crippen LogP contribution >= 0.6 is 0 Å². The van der Waals surface area contributed by atoms with E-state index in [2.05, 4.69) is 22.1 Å². The SMILES string of the molecule is COc1ccc(CCCCCCCCOc2ccc(OCc3cccnc3)nc2C=CCC(=O)O)cc1. The molecule has 0 aliphatic heterocycles. The molecule has 196 valence electrons. The number of aliphatic carboxylic acids is 1. The molecule has 0 saturated heterocycles. The number of methoxy groups -OCH3 is 1. The average molecular weight is 505 g/mol. The van der Waals surface area contributed by atoms with Gasteiger partial charge < -0.3 is 19.3 Å². The lowest BCUT2D eigenvalue weighted by Gasteiger charge is -2.11. The van der Waals surface area contributed by atoms with Crippen molar-refractivity contribution in [2.24, 2.45) is 0 Å². The predicted octanol–water partition coefficient (Wildman–Crippen LogP) is 6.51. The highest BCUT2D eigenvalue weighted by atomic mass is 16.5. The van der Waals surface area contributed by atoms with Crippen molar-refractivity contribution in [3.63, 3.8) is 0 Å². The third kappa shape index (κ3) is 10.7. The highest BCUT2D eigenvalue weighted by molar-refractivity contribution is 5.70. The average Bonchev–Trinajstić information content (AvgIpc) is 2.92. The summed E-state index contributed by atoms with van der Waals surface area (Å²) in [5.74, 6) is 1.07. The second-order valence-electron chi connectivity index (χ2n) is 8.75. The van der Waals surface area contributed by atoms with E-state index in [9.17, 15) is 4.79 Å². The molecule has 0 unspecified atom stereocenters. The monoisotopic (exact) mass is 504 g/mol. The Kier molecular flexibility index (Phi) is 12.0. The van der Waals surface area contributed by atoms with Crippen molar-refractivity contribution in [2.45, 2.75) is 58.0 Å². The van der Waals surface area contributed by atoms with Gasteiger partial charge in [-0.15, -0.1) is 0 Å². The Labute approximate surface area is 219 Å². The summed E-state index contributed by atoms with van der Waals surface area (Å²) < 4.78 is 17.0. The number of carboxylic acid groups (broad SMARTS) is 1. The van der Waals surface area contributed by atoms with Crippen LogP contribution in [0.5, 0.6) is 17.4 Å². The van der Waals surface area contributed by atoms with Crippen molar-refractivity contribution in [1.82, 2.24) is 9.97 Å². The molecule has 2 heterocycles. The molecule has 1 aromatic carbocycles. The van der Waals surface area contributed by atoms with Crippen LogP contribution in [0.2, 0.25) is 0 Å². The Balaban J connectivity index is 1.38. The molecule has 7 heteroatoms. The molecule has 0 aliphatic carbocycles. The van der Waals surface area contributed by atoms with Gasteiger partial charge in [-0.25, -0.2) is 4.98 Å². The number of aryl methyl sites for hydroxylation is 1. The quantitative estimate of drug-likeness (QED) is 0.209. The maximum atomic E-state index is 10.9. The number of ether oxygens (including phenoxy) is 3. The predicted molar refractivity (Wildman–Crippen MR) is 144 cm³/mol. The molecule has 0 fully saturated rings. The van der Waals surface area contributed by atoms with E-state index < -0.39 is 5.97 Å². The van der Waals surface area contributed by atoms with E-state index in [-0.39, 0.29) is 6.42 Å². The van der Waals surface area contributed by atoms with Gasteiger partial charge in [0.2, 0.25) is 5.88 Å². The second-order valence-corrected chi connectivity index (χ2v) is 8.75. The van der Waals surface area contributed by atoms with Gasteiger partial charge >= 0.3 is 5.97 Å². The number of rotatable bonds is 17. The van der Waals surface area contributed by atoms with E-state index in [1.807, 2.05) is 30.3 Å². The van der Waals surface area contributed by atoms with Gasteiger partial charge in [0, 0.05) is 24.0 Å². The van der Waals surface area contributed by atoms with Crippen molar-refractivity contribution in [3.05, 3.63) is 83.8 Å². The van der Waals surface area contributed by atoms with E-state index in [0.717, 1.165) is 30.6 Å². The van der Waals surface area contributed by atoms with Gasteiger partial charge in [0.25, 0.3) is 0 Å². The Hall–Kier alpha value is -3.87. The summed E-state index contributed by atoms with van der Waals surface area (Å²) >= 11 is 0. The molecule has 7 nitrogen and oxygen atoms in total. The van der Waals surface area contributed by atoms with Gasteiger partial charge in [-0.05, 0) is 55.2 Å². The summed E-state index contributed by atoms with van der Waals surface area (Å²) in [5, 5.41) is 8.94. The van der Waals surface area contributed by atoms with Crippen LogP contribution in [-0.2, 0) is 17.8 Å². The van der Waals surface area contributed by atoms with E-state index >= 15 is 0 Å². The molecule has 1 N–H and O–H groups in total. The minimum atomic E-state index is -0.897. The summed E-state index contributed by atoms with van der Waals surface area (Å²) in [5.41, 5.74) is 2.85. The summed E-state index contributed by atoms with van der Waals surface area (Å²) in [6.07, 6.45) is 14.6. The third-order valence-corrected chi connectivity index (χ3v) is 5.81. The maximum absolute atomic E-state index is 10.9. The van der Waals surface area contributed by atoms with Gasteiger partial charge in [0.15, 0.2) is 0 Å². The normalized spacial score (nSPS) is 10.9. The summed E-state index contributed by atoms with van der Waals surface area (Å²) in [6.45, 7) is 0.933. The molecule has 37 heavy (non-hydrogen) atoms. The summed E-state index contributed by atoms with van der Waals surface area (Å²) in [4.78, 5) is 19.5. The number of carbonyl (C=O) groups is 1. The van der Waals surface area contributed by atoms with E-state index in [1.165, 1.54) is 31.2 Å². The molecule has 0 atom stereocenters. The smallest absolute Gasteiger partial charge is 0.307 e. The molecular weight excluding hydrogens is 468 g/mol. The van der Waals surface area contributed by atoms with Crippen molar-refractivity contribution in [1.29, 1.82) is 0 Å². The Morgan fingerprint density at radius 1 is 0.919 bits per heavy atom. The van der Waals surface area contributed by atoms with E-state index in [0.29, 0.717) is 30.5 Å². The molecule has 0 radical (unpaired) electrons. The van der Waals surface area contributed by atoms with Gasteiger partial charge in [0.05, 0.1) is 20.1 Å². The first-order chi connectivity index (χ1) is 18.1. The van der Waals surface area contributed by atoms with Gasteiger partial charge in [-0.3, -0.25) is 9.78 Å². The van der Waals surface area contributed by atoms with Gasteiger partial charge in [0.1, 0.15) is 23.8 Å². The highest BCUT2D eigenvalue weighted by Crippen LogP contribution is 2.23. The lowest BCUT2D eigenvalue weighted by molar-refractivity contribution is -0.135. The van der Waals surface area contributed by atoms with Crippen LogP contribution in [0.4, 0.5) is 0 Å². The fraction of sp³-hybridized carbons (Fsp3) is 0.367. The lowest BCUT2D eigenvalue weighted by atomic mass is 10.0. The first-order valence-electron chi connectivity index (χ1n) is 12.8. The fourth-order valence-corrected chi connectivity index (χ4v) is 3.79. The van der Waals surface area contributed by atoms with Crippen molar-refractivity contribution in [2.75, 3.05) is 13.7 Å². The number of pyridine rings is 2. The summed E-state index contributed by atoms with van der Waals surface area (Å²) in [6, 6.07) is 15.7. The maximum Gasteiger partial charge on any atom is 0.307 e. The van der Waals surface area contributed by atoms with Crippen molar-refractivity contribution in [3.8, 4) is 17.4 Å². The molecule has 3 rings (SSSR count). The van der Waals surface area contributed by atoms with Crippen LogP contribution in [0.25, 0.3) is 6.08 Å². The summed E-state index contributed by atoms with van der Waals surface area (Å²) in [7, 11) is 1.69. The zero-order valence-corrected chi connectivity index (χ0v) is 21.5. The second kappa shape index (κ2) is 16.0. The number of hydrogen-bond acceptors (Lipinski definition) is 6. The van der Waals surface area contributed by atoms with E-state index in [1.54, 1.807) is 37.7 Å². The standard InChI is InChI=1S/C30H36N2O5/c1-35-26-16-14-24(15-17-26)10-6-4-2-3-5-7-21-36-28-18-19-29(32-27(28)12-8-13-30(33)34)37-23-25-11-9-20-31-22-25/h8-9,11-12,14-20,22H,2-7,10,13,21,23H2,1H3,(H,33,34). The number of aromatic nitrogens is 2. The molecule has 2 aromatic heterocycles. The molecule has 0 bridgehead atoms. The third-order valence-electron chi connectivity index (χ3n) is 5.81. The van der Waals surface area contributed by atoms with Crippen LogP contribution in [0.3, 0.4) is 0 Å². The topological polar surface area (TPSA) is 90.8 Å². The zero-order valence-electron chi connectivity index (χ0n) is 21.5. The first-order valence-corrected chi connectivity index (χ1v) is 12.8. The first kappa shape index (κ1) is 27.7. The van der Waals surface area contributed by atoms with Crippen LogP contribution in [-0.4, -0.2) is 34.8 Å². The minimum absolute atomic E-state index is 0.0830. The molecule has 0 aliphatic rings. The lowest BCUT2D eigenvalue weighted by Crippen LogP contribution is -2.03. The number of unbranched alkanes of at least 4 members (excludes halogenated alkanes) is 5. The van der Waals surface area contributed by atoms with Crippen LogP contribution in [0.1, 0.15) is 61.8 Å². The Bertz CT molecular complexity index is 1100. The fourth-order valence-electron chi connectivity index (χ4n) is 3.79. The van der Waals surface area contributed by atoms with E-state index in [4.69, 9.17) is 19.3 Å².